The largest absolute Gasteiger partial charge is 0.395 e. The van der Waals surface area contributed by atoms with Gasteiger partial charge >= 0.3 is 0 Å². The van der Waals surface area contributed by atoms with Gasteiger partial charge in [-0.15, -0.1) is 0 Å². The summed E-state index contributed by atoms with van der Waals surface area (Å²) in [5.74, 6) is 0.0122. The number of aliphatic hydroxyl groups excluding tert-OH is 2. The molecule has 0 spiro atoms. The van der Waals surface area contributed by atoms with Crippen LogP contribution in [0.4, 0.5) is 10.2 Å². The fourth-order valence-electron chi connectivity index (χ4n) is 1.19. The Labute approximate surface area is 81.6 Å². The second-order valence-corrected chi connectivity index (χ2v) is 2.94. The molecule has 0 fully saturated rings. The lowest BCUT2D eigenvalue weighted by atomic mass is 10.2. The molecule has 0 aliphatic heterocycles. The second-order valence-electron chi connectivity index (χ2n) is 2.94. The number of rotatable bonds is 4. The molecule has 0 aliphatic rings. The van der Waals surface area contributed by atoms with E-state index in [2.05, 4.69) is 4.98 Å². The topological polar surface area (TPSA) is 56.6 Å². The van der Waals surface area contributed by atoms with Crippen LogP contribution in [0, 0.1) is 5.82 Å². The summed E-state index contributed by atoms with van der Waals surface area (Å²) in [4.78, 5) is 5.51. The molecule has 1 rings (SSSR count). The van der Waals surface area contributed by atoms with Gasteiger partial charge in [-0.3, -0.25) is 0 Å². The molecule has 5 heteroatoms. The van der Waals surface area contributed by atoms with Crippen LogP contribution in [-0.2, 0) is 6.61 Å². The van der Waals surface area contributed by atoms with Gasteiger partial charge in [0.25, 0.3) is 0 Å². The molecule has 14 heavy (non-hydrogen) atoms. The highest BCUT2D eigenvalue weighted by Crippen LogP contribution is 2.16. The van der Waals surface area contributed by atoms with E-state index in [1.165, 1.54) is 6.07 Å². The van der Waals surface area contributed by atoms with E-state index in [4.69, 9.17) is 10.2 Å². The van der Waals surface area contributed by atoms with Crippen molar-refractivity contribution in [3.8, 4) is 0 Å². The summed E-state index contributed by atoms with van der Waals surface area (Å²) in [7, 11) is 1.72. The number of nitrogens with zero attached hydrogens (tertiary/aromatic N) is 2. The van der Waals surface area contributed by atoms with Gasteiger partial charge in [0.1, 0.15) is 11.6 Å². The predicted octanol–water partition coefficient (Wildman–Crippen LogP) is 0.141. The van der Waals surface area contributed by atoms with Crippen LogP contribution in [0.25, 0.3) is 0 Å². The number of anilines is 1. The van der Waals surface area contributed by atoms with Crippen LogP contribution in [0.2, 0.25) is 0 Å². The van der Waals surface area contributed by atoms with Crippen LogP contribution in [0.3, 0.4) is 0 Å². The lowest BCUT2D eigenvalue weighted by molar-refractivity contribution is 0.280. The Balaban J connectivity index is 2.95. The summed E-state index contributed by atoms with van der Waals surface area (Å²) in [6.45, 7) is 0.113. The minimum atomic E-state index is -0.477. The van der Waals surface area contributed by atoms with Crippen molar-refractivity contribution in [1.82, 2.24) is 4.98 Å². The lowest BCUT2D eigenvalue weighted by Crippen LogP contribution is -2.23. The van der Waals surface area contributed by atoms with E-state index < -0.39 is 5.82 Å². The van der Waals surface area contributed by atoms with Crippen molar-refractivity contribution in [1.29, 1.82) is 0 Å². The summed E-state index contributed by atoms with van der Waals surface area (Å²) in [5, 5.41) is 17.7. The maximum atomic E-state index is 12.7. The molecule has 0 bridgehead atoms. The van der Waals surface area contributed by atoms with Crippen molar-refractivity contribution < 1.29 is 14.6 Å². The molecule has 2 N–H and O–H groups in total. The number of halogens is 1. The standard InChI is InChI=1S/C9H13FN2O2/c1-12(2-3-13)9-7(6-14)4-8(10)5-11-9/h4-5,13-14H,2-3,6H2,1H3. The molecule has 0 saturated carbocycles. The summed E-state index contributed by atoms with van der Waals surface area (Å²) >= 11 is 0. The van der Waals surface area contributed by atoms with Crippen molar-refractivity contribution in [3.05, 3.63) is 23.6 Å². The molecule has 1 heterocycles. The maximum Gasteiger partial charge on any atom is 0.142 e. The predicted molar refractivity (Wildman–Crippen MR) is 50.5 cm³/mol. The van der Waals surface area contributed by atoms with E-state index in [9.17, 15) is 4.39 Å². The number of hydrogen-bond donors (Lipinski definition) is 2. The van der Waals surface area contributed by atoms with E-state index in [1.54, 1.807) is 11.9 Å². The van der Waals surface area contributed by atoms with Gasteiger partial charge < -0.3 is 15.1 Å². The molecule has 0 radical (unpaired) electrons. The van der Waals surface area contributed by atoms with Crippen molar-refractivity contribution in [2.45, 2.75) is 6.61 Å². The Morgan fingerprint density at radius 3 is 2.79 bits per heavy atom. The second kappa shape index (κ2) is 4.88. The van der Waals surface area contributed by atoms with Gasteiger partial charge in [0.2, 0.25) is 0 Å². The summed E-state index contributed by atoms with van der Waals surface area (Å²) in [6, 6.07) is 1.23. The molecule has 0 saturated heterocycles. The van der Waals surface area contributed by atoms with Crippen LogP contribution in [-0.4, -0.2) is 35.4 Å². The van der Waals surface area contributed by atoms with Crippen LogP contribution in [0.5, 0.6) is 0 Å². The first kappa shape index (κ1) is 10.9. The third kappa shape index (κ3) is 2.40. The van der Waals surface area contributed by atoms with Crippen molar-refractivity contribution in [3.63, 3.8) is 0 Å². The van der Waals surface area contributed by atoms with Crippen molar-refractivity contribution in [2.24, 2.45) is 0 Å². The van der Waals surface area contributed by atoms with Crippen molar-refractivity contribution >= 4 is 5.82 Å². The first-order chi connectivity index (χ1) is 6.69. The molecule has 0 aliphatic carbocycles. The van der Waals surface area contributed by atoms with Gasteiger partial charge in [-0.05, 0) is 6.07 Å². The lowest BCUT2D eigenvalue weighted by Gasteiger charge is -2.19. The van der Waals surface area contributed by atoms with E-state index in [0.717, 1.165) is 6.20 Å². The van der Waals surface area contributed by atoms with Crippen LogP contribution < -0.4 is 4.90 Å². The van der Waals surface area contributed by atoms with E-state index in [1.807, 2.05) is 0 Å². The van der Waals surface area contributed by atoms with E-state index in [-0.39, 0.29) is 13.2 Å². The Hall–Kier alpha value is -1.20. The average molecular weight is 200 g/mol. The molecule has 1 aromatic rings. The number of hydrogen-bond acceptors (Lipinski definition) is 4. The third-order valence-electron chi connectivity index (χ3n) is 1.88. The van der Waals surface area contributed by atoms with Gasteiger partial charge in [-0.25, -0.2) is 9.37 Å². The monoisotopic (exact) mass is 200 g/mol. The fraction of sp³-hybridized carbons (Fsp3) is 0.444. The molecule has 1 aromatic heterocycles. The fourth-order valence-corrected chi connectivity index (χ4v) is 1.19. The van der Waals surface area contributed by atoms with Crippen LogP contribution in [0.1, 0.15) is 5.56 Å². The minimum Gasteiger partial charge on any atom is -0.395 e. The minimum absolute atomic E-state index is 0.0135. The molecule has 0 unspecified atom stereocenters. The number of likely N-dealkylation sites (N-methyl/N-ethyl adjacent to an activating group) is 1. The van der Waals surface area contributed by atoms with E-state index in [0.29, 0.717) is 17.9 Å². The van der Waals surface area contributed by atoms with Gasteiger partial charge in [0.05, 0.1) is 19.4 Å². The highest BCUT2D eigenvalue weighted by Gasteiger charge is 2.08. The van der Waals surface area contributed by atoms with Crippen LogP contribution in [0.15, 0.2) is 12.3 Å². The Morgan fingerprint density at radius 1 is 1.50 bits per heavy atom. The highest BCUT2D eigenvalue weighted by atomic mass is 19.1. The van der Waals surface area contributed by atoms with Gasteiger partial charge in [0.15, 0.2) is 0 Å². The molecular weight excluding hydrogens is 187 g/mol. The average Bonchev–Trinajstić information content (AvgIpc) is 2.17. The zero-order valence-corrected chi connectivity index (χ0v) is 7.94. The summed E-state index contributed by atoms with van der Waals surface area (Å²) in [5.41, 5.74) is 0.418. The zero-order chi connectivity index (χ0) is 10.6. The van der Waals surface area contributed by atoms with Gasteiger partial charge in [0, 0.05) is 19.2 Å². The third-order valence-corrected chi connectivity index (χ3v) is 1.88. The molecule has 0 aromatic carbocycles. The molecule has 78 valence electrons. The Kier molecular flexibility index (Phi) is 3.79. The van der Waals surface area contributed by atoms with Gasteiger partial charge in [-0.1, -0.05) is 0 Å². The molecule has 0 amide bonds. The van der Waals surface area contributed by atoms with Crippen LogP contribution >= 0.6 is 0 Å². The SMILES string of the molecule is CN(CCO)c1ncc(F)cc1CO. The smallest absolute Gasteiger partial charge is 0.142 e. The first-order valence-corrected chi connectivity index (χ1v) is 4.26. The first-order valence-electron chi connectivity index (χ1n) is 4.26. The summed E-state index contributed by atoms with van der Waals surface area (Å²) < 4.78 is 12.7. The van der Waals surface area contributed by atoms with Gasteiger partial charge in [-0.2, -0.15) is 0 Å². The number of aliphatic hydroxyl groups is 2. The number of pyridine rings is 1. The highest BCUT2D eigenvalue weighted by molar-refractivity contribution is 5.45. The van der Waals surface area contributed by atoms with E-state index >= 15 is 0 Å². The molecule has 4 nitrogen and oxygen atoms in total. The Bertz CT molecular complexity index is 307. The van der Waals surface area contributed by atoms with Crippen molar-refractivity contribution in [2.75, 3.05) is 25.1 Å². The quantitative estimate of drug-likeness (QED) is 0.726. The number of aromatic nitrogens is 1. The Morgan fingerprint density at radius 2 is 2.21 bits per heavy atom. The maximum absolute atomic E-state index is 12.7. The molecule has 0 atom stereocenters. The molecular formula is C9H13FN2O2. The summed E-state index contributed by atoms with van der Waals surface area (Å²) in [6.07, 6.45) is 1.09. The zero-order valence-electron chi connectivity index (χ0n) is 7.94. The normalized spacial score (nSPS) is 10.3.